The molecule has 42 heavy (non-hydrogen) atoms. The molecule has 0 spiro atoms. The van der Waals surface area contributed by atoms with Crippen molar-refractivity contribution >= 4 is 15.9 Å². The second-order valence-corrected chi connectivity index (χ2v) is 10.5. The van der Waals surface area contributed by atoms with Gasteiger partial charge in [0.15, 0.2) is 0 Å². The van der Waals surface area contributed by atoms with E-state index in [0.29, 0.717) is 13.2 Å². The molecule has 0 saturated carbocycles. The van der Waals surface area contributed by atoms with Crippen molar-refractivity contribution in [2.45, 2.75) is 13.2 Å². The van der Waals surface area contributed by atoms with Crippen LogP contribution in [0.15, 0.2) is 138 Å². The Labute approximate surface area is 254 Å². The van der Waals surface area contributed by atoms with Gasteiger partial charge in [-0.1, -0.05) is 84.9 Å². The lowest BCUT2D eigenvalue weighted by Crippen LogP contribution is -2.01. The number of nitrogens with zero attached hydrogens (tertiary/aromatic N) is 2. The summed E-state index contributed by atoms with van der Waals surface area (Å²) in [5.74, 6) is 2.99. The Morgan fingerprint density at radius 2 is 1.17 bits per heavy atom. The van der Waals surface area contributed by atoms with E-state index < -0.39 is 0 Å². The van der Waals surface area contributed by atoms with Gasteiger partial charge in [-0.05, 0) is 63.5 Å². The highest BCUT2D eigenvalue weighted by Gasteiger charge is 2.19. The highest BCUT2D eigenvalue weighted by molar-refractivity contribution is 9.10. The van der Waals surface area contributed by atoms with E-state index in [1.54, 1.807) is 7.11 Å². The van der Waals surface area contributed by atoms with Gasteiger partial charge >= 0.3 is 0 Å². The molecule has 208 valence electrons. The van der Waals surface area contributed by atoms with E-state index in [0.717, 1.165) is 61.2 Å². The maximum atomic E-state index is 6.35. The first-order valence-electron chi connectivity index (χ1n) is 13.6. The lowest BCUT2D eigenvalue weighted by Gasteiger charge is -2.14. The Morgan fingerprint density at radius 1 is 0.619 bits per heavy atom. The topological polar surface area (TPSA) is 45.5 Å². The third-order valence-corrected chi connectivity index (χ3v) is 7.54. The maximum absolute atomic E-state index is 6.35. The summed E-state index contributed by atoms with van der Waals surface area (Å²) in [6.45, 7) is 0.916. The van der Waals surface area contributed by atoms with Gasteiger partial charge in [0.25, 0.3) is 0 Å². The van der Waals surface area contributed by atoms with E-state index in [1.165, 1.54) is 0 Å². The van der Waals surface area contributed by atoms with Gasteiger partial charge in [0.2, 0.25) is 0 Å². The van der Waals surface area contributed by atoms with Crippen molar-refractivity contribution in [2.75, 3.05) is 7.11 Å². The van der Waals surface area contributed by atoms with Crippen molar-refractivity contribution in [1.29, 1.82) is 0 Å². The lowest BCUT2D eigenvalue weighted by molar-refractivity contribution is 0.307. The number of hydrogen-bond acceptors (Lipinski definition) is 4. The van der Waals surface area contributed by atoms with Crippen LogP contribution in [-0.4, -0.2) is 16.7 Å². The minimum absolute atomic E-state index is 0.452. The van der Waals surface area contributed by atoms with Crippen LogP contribution in [0.3, 0.4) is 0 Å². The lowest BCUT2D eigenvalue weighted by atomic mass is 10.1. The van der Waals surface area contributed by atoms with E-state index in [9.17, 15) is 0 Å². The molecular weight excluding hydrogens is 588 g/mol. The smallest absolute Gasteiger partial charge is 0.148 e. The number of para-hydroxylation sites is 2. The maximum Gasteiger partial charge on any atom is 0.148 e. The van der Waals surface area contributed by atoms with Crippen molar-refractivity contribution in [3.63, 3.8) is 0 Å². The van der Waals surface area contributed by atoms with Gasteiger partial charge < -0.3 is 14.2 Å². The normalized spacial score (nSPS) is 10.8. The van der Waals surface area contributed by atoms with Crippen molar-refractivity contribution < 1.29 is 14.2 Å². The number of methoxy groups -OCH3 is 1. The van der Waals surface area contributed by atoms with Crippen LogP contribution in [-0.2, 0) is 13.2 Å². The molecular formula is C36H29BrN2O3. The zero-order chi connectivity index (χ0) is 28.7. The highest BCUT2D eigenvalue weighted by atomic mass is 79.9. The van der Waals surface area contributed by atoms with Gasteiger partial charge in [0.1, 0.15) is 36.3 Å². The van der Waals surface area contributed by atoms with E-state index >= 15 is 0 Å². The van der Waals surface area contributed by atoms with Gasteiger partial charge in [0.05, 0.1) is 28.5 Å². The first-order chi connectivity index (χ1) is 20.7. The zero-order valence-corrected chi connectivity index (χ0v) is 24.7. The number of ether oxygens (including phenoxy) is 3. The summed E-state index contributed by atoms with van der Waals surface area (Å²) >= 11 is 3.58. The molecule has 0 N–H and O–H groups in total. The van der Waals surface area contributed by atoms with Crippen LogP contribution >= 0.6 is 15.9 Å². The third-order valence-electron chi connectivity index (χ3n) is 6.88. The van der Waals surface area contributed by atoms with Crippen molar-refractivity contribution in [3.05, 3.63) is 149 Å². The Bertz CT molecular complexity index is 1790. The Kier molecular flexibility index (Phi) is 8.33. The predicted molar refractivity (Wildman–Crippen MR) is 170 cm³/mol. The van der Waals surface area contributed by atoms with Gasteiger partial charge in [-0.2, -0.15) is 0 Å². The molecule has 0 aliphatic heterocycles. The molecule has 0 atom stereocenters. The fourth-order valence-corrected chi connectivity index (χ4v) is 5.16. The van der Waals surface area contributed by atoms with Crippen molar-refractivity contribution in [2.24, 2.45) is 0 Å². The molecule has 0 aliphatic rings. The van der Waals surface area contributed by atoms with Crippen LogP contribution in [0, 0.1) is 0 Å². The molecule has 6 rings (SSSR count). The molecule has 1 heterocycles. The molecule has 5 nitrogen and oxygen atoms in total. The second-order valence-electron chi connectivity index (χ2n) is 9.68. The van der Waals surface area contributed by atoms with E-state index in [1.807, 2.05) is 109 Å². The van der Waals surface area contributed by atoms with Crippen LogP contribution in [0.2, 0.25) is 0 Å². The number of rotatable bonds is 10. The zero-order valence-electron chi connectivity index (χ0n) is 23.1. The molecule has 0 aliphatic carbocycles. The summed E-state index contributed by atoms with van der Waals surface area (Å²) < 4.78 is 21.2. The van der Waals surface area contributed by atoms with Gasteiger partial charge in [-0.25, -0.2) is 4.98 Å². The summed E-state index contributed by atoms with van der Waals surface area (Å²) in [4.78, 5) is 5.19. The number of halogens is 1. The number of hydrogen-bond donors (Lipinski definition) is 0. The second kappa shape index (κ2) is 12.8. The minimum atomic E-state index is 0.452. The number of aromatic nitrogens is 2. The van der Waals surface area contributed by atoms with Crippen molar-refractivity contribution in [1.82, 2.24) is 9.55 Å². The van der Waals surface area contributed by atoms with Crippen LogP contribution < -0.4 is 14.2 Å². The Morgan fingerprint density at radius 3 is 1.79 bits per heavy atom. The van der Waals surface area contributed by atoms with Crippen LogP contribution in [0.4, 0.5) is 0 Å². The van der Waals surface area contributed by atoms with Crippen LogP contribution in [0.5, 0.6) is 17.2 Å². The number of imidazole rings is 1. The average molecular weight is 618 g/mol. The predicted octanol–water partition coefficient (Wildman–Crippen LogP) is 9.14. The fourth-order valence-electron chi connectivity index (χ4n) is 4.75. The summed E-state index contributed by atoms with van der Waals surface area (Å²) in [7, 11) is 1.66. The quantitative estimate of drug-likeness (QED) is 0.154. The monoisotopic (exact) mass is 616 g/mol. The molecule has 0 saturated heterocycles. The molecule has 0 unspecified atom stereocenters. The summed E-state index contributed by atoms with van der Waals surface area (Å²) in [6, 6.07) is 42.3. The van der Waals surface area contributed by atoms with E-state index in [-0.39, 0.29) is 0 Å². The SMILES string of the molecule is COc1cc(-n2cc(-c3ccccc3OCc3ccccc3)nc2-c2ccccc2OCc2ccccc2)ccc1Br. The van der Waals surface area contributed by atoms with Gasteiger partial charge in [-0.3, -0.25) is 4.57 Å². The van der Waals surface area contributed by atoms with E-state index in [2.05, 4.69) is 44.8 Å². The first-order valence-corrected chi connectivity index (χ1v) is 14.4. The van der Waals surface area contributed by atoms with Gasteiger partial charge in [0, 0.05) is 17.8 Å². The molecule has 6 heteroatoms. The minimum Gasteiger partial charge on any atom is -0.495 e. The van der Waals surface area contributed by atoms with E-state index in [4.69, 9.17) is 19.2 Å². The Hall–Kier alpha value is -4.81. The molecule has 0 radical (unpaired) electrons. The van der Waals surface area contributed by atoms with Crippen molar-refractivity contribution in [3.8, 4) is 45.6 Å². The first kappa shape index (κ1) is 27.4. The summed E-state index contributed by atoms with van der Waals surface area (Å²) in [5, 5.41) is 0. The highest BCUT2D eigenvalue weighted by Crippen LogP contribution is 2.38. The molecule has 0 amide bonds. The van der Waals surface area contributed by atoms with Crippen LogP contribution in [0.1, 0.15) is 11.1 Å². The van der Waals surface area contributed by atoms with Gasteiger partial charge in [-0.15, -0.1) is 0 Å². The summed E-state index contributed by atoms with van der Waals surface area (Å²) in [5.41, 5.74) is 5.67. The standard InChI is InChI=1S/C36H29BrN2O3/c1-40-35-22-28(20-21-31(35)37)39-23-32(29-16-8-10-18-33(29)41-24-26-12-4-2-5-13-26)38-36(39)30-17-9-11-19-34(30)42-25-27-14-6-3-7-15-27/h2-23H,24-25H2,1H3. The molecule has 1 aromatic heterocycles. The molecule has 6 aromatic rings. The largest absolute Gasteiger partial charge is 0.495 e. The number of benzene rings is 5. The molecule has 0 fully saturated rings. The summed E-state index contributed by atoms with van der Waals surface area (Å²) in [6.07, 6.45) is 2.04. The average Bonchev–Trinajstić information content (AvgIpc) is 3.49. The van der Waals surface area contributed by atoms with Crippen LogP contribution in [0.25, 0.3) is 28.3 Å². The Balaban J connectivity index is 1.43. The third kappa shape index (κ3) is 6.09. The molecule has 5 aromatic carbocycles. The molecule has 0 bridgehead atoms. The fraction of sp³-hybridized carbons (Fsp3) is 0.0833.